The fourth-order valence-electron chi connectivity index (χ4n) is 3.15. The van der Waals surface area contributed by atoms with Gasteiger partial charge in [0.1, 0.15) is 0 Å². The second-order valence-corrected chi connectivity index (χ2v) is 6.47. The van der Waals surface area contributed by atoms with Crippen LogP contribution < -0.4 is 20.7 Å². The molecular formula is C20H20N4O6. The fraction of sp³-hybridized carbons (Fsp3) is 0.200. The van der Waals surface area contributed by atoms with Crippen molar-refractivity contribution in [1.82, 2.24) is 10.6 Å². The number of carbonyl (C=O) groups is 2. The van der Waals surface area contributed by atoms with Crippen molar-refractivity contribution in [2.75, 3.05) is 11.9 Å². The van der Waals surface area contributed by atoms with Crippen LogP contribution in [-0.4, -0.2) is 28.6 Å². The summed E-state index contributed by atoms with van der Waals surface area (Å²) in [5.74, 6) is -1.23. The van der Waals surface area contributed by atoms with Gasteiger partial charge in [-0.05, 0) is 37.6 Å². The number of phenols is 1. The van der Waals surface area contributed by atoms with Gasteiger partial charge in [-0.15, -0.1) is 0 Å². The number of nitrogens with one attached hydrogen (secondary N) is 3. The van der Waals surface area contributed by atoms with E-state index in [0.29, 0.717) is 11.4 Å². The quantitative estimate of drug-likeness (QED) is 0.424. The number of anilines is 1. The number of aromatic hydroxyl groups is 1. The smallest absolute Gasteiger partial charge is 0.319 e. The highest BCUT2D eigenvalue weighted by atomic mass is 16.6. The molecule has 30 heavy (non-hydrogen) atoms. The van der Waals surface area contributed by atoms with E-state index in [4.69, 9.17) is 4.74 Å². The molecule has 156 valence electrons. The van der Waals surface area contributed by atoms with Gasteiger partial charge >= 0.3 is 11.7 Å². The van der Waals surface area contributed by atoms with Crippen LogP contribution in [0.5, 0.6) is 11.5 Å². The van der Waals surface area contributed by atoms with Gasteiger partial charge in [0, 0.05) is 17.5 Å². The van der Waals surface area contributed by atoms with Gasteiger partial charge in [-0.1, -0.05) is 18.2 Å². The lowest BCUT2D eigenvalue weighted by Gasteiger charge is -2.29. The molecule has 1 heterocycles. The Hall–Kier alpha value is -4.08. The summed E-state index contributed by atoms with van der Waals surface area (Å²) in [5, 5.41) is 29.4. The number of hydrogen-bond acceptors (Lipinski definition) is 6. The van der Waals surface area contributed by atoms with Crippen molar-refractivity contribution in [2.45, 2.75) is 19.9 Å². The molecule has 1 atom stereocenters. The van der Waals surface area contributed by atoms with Crippen LogP contribution in [0.1, 0.15) is 25.5 Å². The first kappa shape index (κ1) is 20.6. The zero-order valence-electron chi connectivity index (χ0n) is 16.3. The largest absolute Gasteiger partial charge is 0.500 e. The van der Waals surface area contributed by atoms with Crippen molar-refractivity contribution in [3.8, 4) is 11.5 Å². The molecule has 0 spiro atoms. The fourth-order valence-corrected chi connectivity index (χ4v) is 3.15. The number of phenolic OH excluding ortho intramolecular Hbond substituents is 1. The molecule has 10 heteroatoms. The molecule has 3 rings (SSSR count). The first-order chi connectivity index (χ1) is 14.3. The van der Waals surface area contributed by atoms with Gasteiger partial charge < -0.3 is 25.8 Å². The van der Waals surface area contributed by atoms with E-state index in [1.54, 1.807) is 44.2 Å². The molecule has 0 aliphatic carbocycles. The van der Waals surface area contributed by atoms with Crippen LogP contribution in [0.2, 0.25) is 0 Å². The lowest BCUT2D eigenvalue weighted by Crippen LogP contribution is -2.46. The summed E-state index contributed by atoms with van der Waals surface area (Å²) in [6.07, 6.45) is 0. The molecule has 0 saturated carbocycles. The molecule has 4 N–H and O–H groups in total. The second-order valence-electron chi connectivity index (χ2n) is 6.47. The molecule has 0 aromatic heterocycles. The van der Waals surface area contributed by atoms with Crippen molar-refractivity contribution in [1.29, 1.82) is 0 Å². The number of nitro groups is 1. The van der Waals surface area contributed by atoms with Gasteiger partial charge in [-0.25, -0.2) is 4.79 Å². The van der Waals surface area contributed by atoms with Crippen molar-refractivity contribution < 1.29 is 24.4 Å². The molecule has 0 bridgehead atoms. The zero-order chi connectivity index (χ0) is 21.8. The van der Waals surface area contributed by atoms with Crippen LogP contribution in [0.25, 0.3) is 0 Å². The van der Waals surface area contributed by atoms with Crippen molar-refractivity contribution in [3.63, 3.8) is 0 Å². The van der Waals surface area contributed by atoms with Gasteiger partial charge in [0.05, 0.1) is 23.1 Å². The van der Waals surface area contributed by atoms with E-state index in [-0.39, 0.29) is 23.5 Å². The van der Waals surface area contributed by atoms with E-state index < -0.39 is 34.3 Å². The molecule has 0 saturated heterocycles. The molecule has 2 aromatic rings. The average molecular weight is 412 g/mol. The normalized spacial score (nSPS) is 15.8. The predicted octanol–water partition coefficient (Wildman–Crippen LogP) is 2.97. The topological polar surface area (TPSA) is 143 Å². The van der Waals surface area contributed by atoms with Crippen molar-refractivity contribution in [3.05, 3.63) is 69.4 Å². The molecule has 0 fully saturated rings. The third-order valence-corrected chi connectivity index (χ3v) is 4.45. The van der Waals surface area contributed by atoms with Crippen LogP contribution in [0, 0.1) is 10.1 Å². The summed E-state index contributed by atoms with van der Waals surface area (Å²) in [6, 6.07) is 9.63. The Kier molecular flexibility index (Phi) is 5.86. The molecular weight excluding hydrogens is 392 g/mol. The van der Waals surface area contributed by atoms with Crippen LogP contribution in [-0.2, 0) is 4.79 Å². The van der Waals surface area contributed by atoms with E-state index >= 15 is 0 Å². The first-order valence-corrected chi connectivity index (χ1v) is 9.10. The summed E-state index contributed by atoms with van der Waals surface area (Å²) >= 11 is 0. The van der Waals surface area contributed by atoms with Crippen LogP contribution in [0.3, 0.4) is 0 Å². The highest BCUT2D eigenvalue weighted by Crippen LogP contribution is 2.40. The Morgan fingerprint density at radius 3 is 2.63 bits per heavy atom. The van der Waals surface area contributed by atoms with Crippen LogP contribution in [0.4, 0.5) is 16.2 Å². The Morgan fingerprint density at radius 1 is 1.30 bits per heavy atom. The number of para-hydroxylation sites is 1. The maximum absolute atomic E-state index is 13.0. The van der Waals surface area contributed by atoms with Crippen molar-refractivity contribution >= 4 is 23.3 Å². The Balaban J connectivity index is 2.07. The van der Waals surface area contributed by atoms with E-state index in [9.17, 15) is 24.8 Å². The van der Waals surface area contributed by atoms with Gasteiger partial charge in [-0.3, -0.25) is 14.9 Å². The molecule has 1 aliphatic heterocycles. The summed E-state index contributed by atoms with van der Waals surface area (Å²) in [5.41, 5.74) is 0.636. The van der Waals surface area contributed by atoms with E-state index in [2.05, 4.69) is 16.0 Å². The Labute approximate surface area is 171 Å². The molecule has 3 amide bonds. The van der Waals surface area contributed by atoms with E-state index in [0.717, 1.165) is 6.07 Å². The number of rotatable bonds is 6. The number of allylic oxidation sites excluding steroid dienone is 1. The number of amides is 3. The molecule has 0 unspecified atom stereocenters. The number of carbonyl (C=O) groups excluding carboxylic acids is 2. The maximum atomic E-state index is 13.0. The number of urea groups is 1. The van der Waals surface area contributed by atoms with E-state index in [1.807, 2.05) is 0 Å². The van der Waals surface area contributed by atoms with Crippen molar-refractivity contribution in [2.24, 2.45) is 0 Å². The summed E-state index contributed by atoms with van der Waals surface area (Å²) in [6.45, 7) is 3.37. The minimum atomic E-state index is -0.999. The van der Waals surface area contributed by atoms with E-state index in [1.165, 1.54) is 6.07 Å². The molecule has 1 aliphatic rings. The predicted molar refractivity (Wildman–Crippen MR) is 108 cm³/mol. The third kappa shape index (κ3) is 4.17. The molecule has 2 aromatic carbocycles. The highest BCUT2D eigenvalue weighted by molar-refractivity contribution is 6.06. The monoisotopic (exact) mass is 412 g/mol. The maximum Gasteiger partial charge on any atom is 0.319 e. The second kappa shape index (κ2) is 8.52. The van der Waals surface area contributed by atoms with Gasteiger partial charge in [0.15, 0.2) is 5.75 Å². The van der Waals surface area contributed by atoms with Gasteiger partial charge in [0.2, 0.25) is 5.75 Å². The molecule has 10 nitrogen and oxygen atoms in total. The van der Waals surface area contributed by atoms with Gasteiger partial charge in [-0.2, -0.15) is 0 Å². The average Bonchev–Trinajstić information content (AvgIpc) is 2.69. The summed E-state index contributed by atoms with van der Waals surface area (Å²) < 4.78 is 5.30. The van der Waals surface area contributed by atoms with Gasteiger partial charge in [0.25, 0.3) is 5.91 Å². The third-order valence-electron chi connectivity index (χ3n) is 4.45. The standard InChI is InChI=1S/C20H20N4O6/c1-3-30-15-10-12(9-14(18(15)25)24(28)29)17-16(11(2)21-20(27)23-17)19(26)22-13-7-5-4-6-8-13/h4-10,17,25H,3H2,1-2H3,(H,22,26)(H2,21,23,27)/t17-/m1/s1. The minimum Gasteiger partial charge on any atom is -0.500 e. The minimum absolute atomic E-state index is 0.116. The summed E-state index contributed by atoms with van der Waals surface area (Å²) in [7, 11) is 0. The lowest BCUT2D eigenvalue weighted by atomic mass is 9.94. The number of benzene rings is 2. The first-order valence-electron chi connectivity index (χ1n) is 9.10. The highest BCUT2D eigenvalue weighted by Gasteiger charge is 2.33. The number of nitrogens with zero attached hydrogens (tertiary/aromatic N) is 1. The summed E-state index contributed by atoms with van der Waals surface area (Å²) in [4.78, 5) is 35.7. The molecule has 0 radical (unpaired) electrons. The Morgan fingerprint density at radius 2 is 2.00 bits per heavy atom. The number of ether oxygens (including phenoxy) is 1. The van der Waals surface area contributed by atoms with Crippen LogP contribution >= 0.6 is 0 Å². The lowest BCUT2D eigenvalue weighted by molar-refractivity contribution is -0.386. The number of hydrogen-bond donors (Lipinski definition) is 4. The van der Waals surface area contributed by atoms with Crippen LogP contribution in [0.15, 0.2) is 53.7 Å². The Bertz CT molecular complexity index is 1040. The SMILES string of the molecule is CCOc1cc([C@H]2NC(=O)NC(C)=C2C(=O)Nc2ccccc2)cc([N+](=O)[O-])c1O. The number of nitro benzene ring substituents is 1. The zero-order valence-corrected chi connectivity index (χ0v) is 16.3.